The Morgan fingerprint density at radius 1 is 1.04 bits per heavy atom. The Bertz CT molecular complexity index is 745. The third kappa shape index (κ3) is 3.40. The molecule has 140 valence electrons. The Balaban J connectivity index is 1.38. The largest absolute Gasteiger partial charge is 0.416 e. The Morgan fingerprint density at radius 2 is 1.69 bits per heavy atom. The Labute approximate surface area is 149 Å². The maximum atomic E-state index is 12.7. The van der Waals surface area contributed by atoms with Crippen LogP contribution in [0, 0.1) is 0 Å². The summed E-state index contributed by atoms with van der Waals surface area (Å²) in [4.78, 5) is 4.44. The number of aromatic nitrogens is 4. The van der Waals surface area contributed by atoms with Gasteiger partial charge in [-0.05, 0) is 54.5 Å². The topological polar surface area (TPSA) is 50.1 Å². The third-order valence-corrected chi connectivity index (χ3v) is 5.21. The molecule has 6 nitrogen and oxygen atoms in total. The zero-order valence-corrected chi connectivity index (χ0v) is 14.5. The van der Waals surface area contributed by atoms with Gasteiger partial charge in [-0.1, -0.05) is 0 Å². The zero-order valence-electron chi connectivity index (χ0n) is 14.5. The molecule has 1 saturated heterocycles. The lowest BCUT2D eigenvalue weighted by Crippen LogP contribution is -2.47. The Morgan fingerprint density at radius 3 is 2.27 bits per heavy atom. The molecule has 2 fully saturated rings. The first-order chi connectivity index (χ1) is 12.4. The molecule has 1 atom stereocenters. The lowest BCUT2D eigenvalue weighted by atomic mass is 10.1. The molecule has 2 heterocycles. The monoisotopic (exact) mass is 366 g/mol. The van der Waals surface area contributed by atoms with Gasteiger partial charge in [0, 0.05) is 31.9 Å². The van der Waals surface area contributed by atoms with E-state index in [4.69, 9.17) is 0 Å². The fraction of sp³-hybridized carbons (Fsp3) is 0.588. The fourth-order valence-corrected chi connectivity index (χ4v) is 3.45. The second-order valence-electron chi connectivity index (χ2n) is 6.96. The van der Waals surface area contributed by atoms with Crippen molar-refractivity contribution in [1.82, 2.24) is 25.1 Å². The second kappa shape index (κ2) is 6.53. The summed E-state index contributed by atoms with van der Waals surface area (Å²) in [5.74, 6) is 0.899. The van der Waals surface area contributed by atoms with Crippen LogP contribution >= 0.6 is 0 Å². The lowest BCUT2D eigenvalue weighted by molar-refractivity contribution is -0.137. The number of benzene rings is 1. The molecule has 0 radical (unpaired) electrons. The fourth-order valence-electron chi connectivity index (χ4n) is 3.45. The number of anilines is 1. The number of tetrazole rings is 1. The van der Waals surface area contributed by atoms with Crippen LogP contribution in [-0.2, 0) is 6.18 Å². The van der Waals surface area contributed by atoms with Crippen molar-refractivity contribution < 1.29 is 13.2 Å². The number of halogens is 3. The summed E-state index contributed by atoms with van der Waals surface area (Å²) in [6, 6.07) is 5.96. The van der Waals surface area contributed by atoms with Gasteiger partial charge in [0.25, 0.3) is 0 Å². The Kier molecular flexibility index (Phi) is 4.34. The molecule has 0 spiro atoms. The van der Waals surface area contributed by atoms with Gasteiger partial charge >= 0.3 is 6.18 Å². The average Bonchev–Trinajstić information content (AvgIpc) is 3.37. The first kappa shape index (κ1) is 17.3. The van der Waals surface area contributed by atoms with E-state index in [1.807, 2.05) is 4.68 Å². The van der Waals surface area contributed by atoms with Crippen LogP contribution in [0.1, 0.15) is 43.2 Å². The Hall–Kier alpha value is -2.16. The van der Waals surface area contributed by atoms with Gasteiger partial charge in [0.05, 0.1) is 17.6 Å². The molecule has 1 unspecified atom stereocenters. The number of hydrogen-bond donors (Lipinski definition) is 0. The van der Waals surface area contributed by atoms with Crippen LogP contribution in [0.4, 0.5) is 18.9 Å². The highest BCUT2D eigenvalue weighted by Crippen LogP contribution is 2.36. The molecule has 4 rings (SSSR count). The highest BCUT2D eigenvalue weighted by atomic mass is 19.4. The van der Waals surface area contributed by atoms with Crippen LogP contribution in [0.15, 0.2) is 24.3 Å². The van der Waals surface area contributed by atoms with Crippen molar-refractivity contribution in [1.29, 1.82) is 0 Å². The van der Waals surface area contributed by atoms with Crippen LogP contribution in [0.2, 0.25) is 0 Å². The molecule has 0 N–H and O–H groups in total. The molecule has 1 aliphatic carbocycles. The van der Waals surface area contributed by atoms with E-state index in [2.05, 4.69) is 32.2 Å². The van der Waals surface area contributed by atoms with Crippen molar-refractivity contribution in [2.45, 2.75) is 38.0 Å². The van der Waals surface area contributed by atoms with Gasteiger partial charge in [0.15, 0.2) is 5.82 Å². The van der Waals surface area contributed by atoms with E-state index in [9.17, 15) is 13.2 Å². The van der Waals surface area contributed by atoms with E-state index in [0.717, 1.165) is 62.7 Å². The molecular weight excluding hydrogens is 345 g/mol. The quantitative estimate of drug-likeness (QED) is 0.833. The van der Waals surface area contributed by atoms with E-state index in [1.54, 1.807) is 12.1 Å². The SMILES string of the molecule is CC(c1nnnn1C1CC1)N1CCN(c2ccc(C(F)(F)F)cc2)CC1. The van der Waals surface area contributed by atoms with Crippen molar-refractivity contribution in [2.24, 2.45) is 0 Å². The first-order valence-electron chi connectivity index (χ1n) is 8.87. The third-order valence-electron chi connectivity index (χ3n) is 5.21. The summed E-state index contributed by atoms with van der Waals surface area (Å²) < 4.78 is 40.0. The van der Waals surface area contributed by atoms with E-state index < -0.39 is 11.7 Å². The molecule has 2 aromatic rings. The predicted molar refractivity (Wildman–Crippen MR) is 89.7 cm³/mol. The van der Waals surface area contributed by atoms with E-state index in [-0.39, 0.29) is 6.04 Å². The van der Waals surface area contributed by atoms with E-state index >= 15 is 0 Å². The van der Waals surface area contributed by atoms with Crippen LogP contribution in [0.3, 0.4) is 0 Å². The number of nitrogens with zero attached hydrogens (tertiary/aromatic N) is 6. The summed E-state index contributed by atoms with van der Waals surface area (Å²) in [7, 11) is 0. The molecule has 1 aromatic heterocycles. The number of rotatable bonds is 4. The van der Waals surface area contributed by atoms with Crippen molar-refractivity contribution >= 4 is 5.69 Å². The normalized spacial score (nSPS) is 20.4. The highest BCUT2D eigenvalue weighted by Gasteiger charge is 2.33. The molecule has 9 heteroatoms. The van der Waals surface area contributed by atoms with Crippen molar-refractivity contribution in [3.8, 4) is 0 Å². The molecule has 1 aromatic carbocycles. The number of alkyl halides is 3. The van der Waals surface area contributed by atoms with E-state index in [0.29, 0.717) is 6.04 Å². The molecule has 1 saturated carbocycles. The standard InChI is InChI=1S/C17H21F3N6/c1-12(16-21-22-23-26(16)15-6-7-15)24-8-10-25(11-9-24)14-4-2-13(3-5-14)17(18,19)20/h2-5,12,15H,6-11H2,1H3. The van der Waals surface area contributed by atoms with Gasteiger partial charge < -0.3 is 4.90 Å². The molecule has 0 bridgehead atoms. The highest BCUT2D eigenvalue weighted by molar-refractivity contribution is 5.48. The zero-order chi connectivity index (χ0) is 18.3. The smallest absolute Gasteiger partial charge is 0.369 e. The van der Waals surface area contributed by atoms with Crippen molar-refractivity contribution in [2.75, 3.05) is 31.1 Å². The average molecular weight is 366 g/mol. The van der Waals surface area contributed by atoms with Crippen molar-refractivity contribution in [3.05, 3.63) is 35.7 Å². The molecule has 0 amide bonds. The van der Waals surface area contributed by atoms with Gasteiger partial charge in [-0.15, -0.1) is 5.10 Å². The first-order valence-corrected chi connectivity index (χ1v) is 8.87. The maximum Gasteiger partial charge on any atom is 0.416 e. The van der Waals surface area contributed by atoms with E-state index in [1.165, 1.54) is 0 Å². The number of hydrogen-bond acceptors (Lipinski definition) is 5. The minimum Gasteiger partial charge on any atom is -0.369 e. The summed E-state index contributed by atoms with van der Waals surface area (Å²) in [6.07, 6.45) is -2.03. The van der Waals surface area contributed by atoms with Gasteiger partial charge in [0.1, 0.15) is 0 Å². The van der Waals surface area contributed by atoms with Crippen LogP contribution in [-0.4, -0.2) is 51.3 Å². The minimum atomic E-state index is -4.29. The molecule has 2 aliphatic rings. The summed E-state index contributed by atoms with van der Waals surface area (Å²) in [5, 5.41) is 12.1. The predicted octanol–water partition coefficient (Wildman–Crippen LogP) is 2.91. The van der Waals surface area contributed by atoms with Crippen LogP contribution in [0.5, 0.6) is 0 Å². The van der Waals surface area contributed by atoms with Crippen LogP contribution in [0.25, 0.3) is 0 Å². The van der Waals surface area contributed by atoms with Crippen LogP contribution < -0.4 is 4.90 Å². The van der Waals surface area contributed by atoms with Gasteiger partial charge in [0.2, 0.25) is 0 Å². The molecule has 26 heavy (non-hydrogen) atoms. The summed E-state index contributed by atoms with van der Waals surface area (Å²) >= 11 is 0. The molecular formula is C17H21F3N6. The van der Waals surface area contributed by atoms with Gasteiger partial charge in [-0.3, -0.25) is 4.90 Å². The number of piperazine rings is 1. The summed E-state index contributed by atoms with van der Waals surface area (Å²) in [6.45, 7) is 5.28. The second-order valence-corrected chi connectivity index (χ2v) is 6.96. The van der Waals surface area contributed by atoms with Crippen molar-refractivity contribution in [3.63, 3.8) is 0 Å². The maximum absolute atomic E-state index is 12.7. The lowest BCUT2D eigenvalue weighted by Gasteiger charge is -2.38. The minimum absolute atomic E-state index is 0.125. The van der Waals surface area contributed by atoms with Gasteiger partial charge in [-0.2, -0.15) is 13.2 Å². The summed E-state index contributed by atoms with van der Waals surface area (Å²) in [5.41, 5.74) is 0.216. The van der Waals surface area contributed by atoms with Gasteiger partial charge in [-0.25, -0.2) is 4.68 Å². The molecule has 1 aliphatic heterocycles.